The molecule has 0 bridgehead atoms. The van der Waals surface area contributed by atoms with Gasteiger partial charge in [-0.25, -0.2) is 8.78 Å². The summed E-state index contributed by atoms with van der Waals surface area (Å²) in [4.78, 5) is 2.20. The van der Waals surface area contributed by atoms with Crippen LogP contribution in [0.3, 0.4) is 0 Å². The summed E-state index contributed by atoms with van der Waals surface area (Å²) in [6, 6.07) is 2.71. The maximum atomic E-state index is 13.3. The van der Waals surface area contributed by atoms with Gasteiger partial charge in [0.2, 0.25) is 0 Å². The van der Waals surface area contributed by atoms with Gasteiger partial charge in [0, 0.05) is 24.8 Å². The lowest BCUT2D eigenvalue weighted by atomic mass is 9.99. The molecule has 18 heavy (non-hydrogen) atoms. The van der Waals surface area contributed by atoms with Crippen molar-refractivity contribution in [1.29, 1.82) is 0 Å². The summed E-state index contributed by atoms with van der Waals surface area (Å²) in [5, 5.41) is 3.39. The van der Waals surface area contributed by atoms with Gasteiger partial charge >= 0.3 is 0 Å². The molecule has 0 radical (unpaired) electrons. The van der Waals surface area contributed by atoms with E-state index in [1.165, 1.54) is 25.0 Å². The number of benzene rings is 1. The second-order valence-electron chi connectivity index (χ2n) is 5.30. The molecular weight excluding hydrogens is 234 g/mol. The molecule has 1 aromatic rings. The van der Waals surface area contributed by atoms with Crippen molar-refractivity contribution in [1.82, 2.24) is 5.32 Å². The normalized spacial score (nSPS) is 23.2. The van der Waals surface area contributed by atoms with Crippen LogP contribution >= 0.6 is 0 Å². The zero-order chi connectivity index (χ0) is 12.5. The predicted molar refractivity (Wildman–Crippen MR) is 67.9 cm³/mol. The van der Waals surface area contributed by atoms with Crippen LogP contribution in [0.4, 0.5) is 14.5 Å². The molecule has 1 aromatic carbocycles. The number of fused-ring (bicyclic) bond motifs is 1. The molecule has 0 spiro atoms. The first-order valence-electron chi connectivity index (χ1n) is 6.67. The van der Waals surface area contributed by atoms with Crippen molar-refractivity contribution in [3.8, 4) is 0 Å². The van der Waals surface area contributed by atoms with Crippen LogP contribution in [-0.2, 0) is 6.42 Å². The van der Waals surface area contributed by atoms with Gasteiger partial charge in [-0.1, -0.05) is 0 Å². The van der Waals surface area contributed by atoms with Crippen LogP contribution in [0.1, 0.15) is 18.4 Å². The lowest BCUT2D eigenvalue weighted by molar-refractivity contribution is 0.378. The molecule has 0 amide bonds. The Kier molecular flexibility index (Phi) is 3.20. The standard InChI is InChI=1S/C14H18F2N2/c15-12-6-11-3-5-18(14(11)7-13(12)16)9-10-2-1-4-17-8-10/h6-7,10,17H,1-5,8-9H2. The second-order valence-corrected chi connectivity index (χ2v) is 5.30. The number of nitrogens with zero attached hydrogens (tertiary/aromatic N) is 1. The third-order valence-electron chi connectivity index (χ3n) is 3.99. The van der Waals surface area contributed by atoms with Gasteiger partial charge in [0.05, 0.1) is 0 Å². The Morgan fingerprint density at radius 3 is 2.89 bits per heavy atom. The van der Waals surface area contributed by atoms with Crippen LogP contribution in [0.2, 0.25) is 0 Å². The lowest BCUT2D eigenvalue weighted by Crippen LogP contribution is -2.37. The van der Waals surface area contributed by atoms with E-state index in [0.717, 1.165) is 43.9 Å². The Hall–Kier alpha value is -1.16. The summed E-state index contributed by atoms with van der Waals surface area (Å²) in [5.41, 5.74) is 1.83. The maximum Gasteiger partial charge on any atom is 0.160 e. The van der Waals surface area contributed by atoms with Gasteiger partial charge < -0.3 is 10.2 Å². The molecule has 2 aliphatic rings. The average molecular weight is 252 g/mol. The van der Waals surface area contributed by atoms with Gasteiger partial charge in [-0.3, -0.25) is 0 Å². The van der Waals surface area contributed by atoms with E-state index in [2.05, 4.69) is 10.2 Å². The van der Waals surface area contributed by atoms with Crippen LogP contribution < -0.4 is 10.2 Å². The Bertz CT molecular complexity index is 442. The number of hydrogen-bond donors (Lipinski definition) is 1. The van der Waals surface area contributed by atoms with E-state index in [9.17, 15) is 8.78 Å². The van der Waals surface area contributed by atoms with Crippen LogP contribution in [0, 0.1) is 17.6 Å². The molecule has 1 atom stereocenters. The van der Waals surface area contributed by atoms with Crippen molar-refractivity contribution in [3.05, 3.63) is 29.3 Å². The fourth-order valence-corrected chi connectivity index (χ4v) is 3.03. The molecule has 2 nitrogen and oxygen atoms in total. The van der Waals surface area contributed by atoms with Gasteiger partial charge in [-0.2, -0.15) is 0 Å². The SMILES string of the molecule is Fc1cc2c(cc1F)N(CC1CCCNC1)CC2. The molecule has 1 saturated heterocycles. The minimum atomic E-state index is -0.734. The molecule has 98 valence electrons. The lowest BCUT2D eigenvalue weighted by Gasteiger charge is -2.29. The Morgan fingerprint density at radius 1 is 1.28 bits per heavy atom. The predicted octanol–water partition coefficient (Wildman–Crippen LogP) is 2.33. The van der Waals surface area contributed by atoms with Crippen molar-refractivity contribution >= 4 is 5.69 Å². The highest BCUT2D eigenvalue weighted by Crippen LogP contribution is 2.31. The number of nitrogens with one attached hydrogen (secondary N) is 1. The third kappa shape index (κ3) is 2.21. The molecule has 0 aromatic heterocycles. The maximum absolute atomic E-state index is 13.3. The molecule has 3 rings (SSSR count). The summed E-state index contributed by atoms with van der Waals surface area (Å²) >= 11 is 0. The minimum absolute atomic E-state index is 0.623. The minimum Gasteiger partial charge on any atom is -0.371 e. The molecule has 1 N–H and O–H groups in total. The number of halogens is 2. The number of rotatable bonds is 2. The van der Waals surface area contributed by atoms with Gasteiger partial charge in [-0.05, 0) is 49.9 Å². The first kappa shape index (κ1) is 11.9. The highest BCUT2D eigenvalue weighted by molar-refractivity contribution is 5.58. The highest BCUT2D eigenvalue weighted by atomic mass is 19.2. The molecule has 0 aliphatic carbocycles. The van der Waals surface area contributed by atoms with E-state index >= 15 is 0 Å². The Labute approximate surface area is 106 Å². The fourth-order valence-electron chi connectivity index (χ4n) is 3.03. The summed E-state index contributed by atoms with van der Waals surface area (Å²) in [7, 11) is 0. The first-order chi connectivity index (χ1) is 8.74. The van der Waals surface area contributed by atoms with Gasteiger partial charge in [-0.15, -0.1) is 0 Å². The van der Waals surface area contributed by atoms with Crippen LogP contribution in [0.5, 0.6) is 0 Å². The van der Waals surface area contributed by atoms with Crippen molar-refractivity contribution in [2.45, 2.75) is 19.3 Å². The van der Waals surface area contributed by atoms with Crippen LogP contribution in [-0.4, -0.2) is 26.2 Å². The topological polar surface area (TPSA) is 15.3 Å². The van der Waals surface area contributed by atoms with Crippen LogP contribution in [0.15, 0.2) is 12.1 Å². The second kappa shape index (κ2) is 4.84. The van der Waals surface area contributed by atoms with E-state index < -0.39 is 11.6 Å². The quantitative estimate of drug-likeness (QED) is 0.869. The summed E-state index contributed by atoms with van der Waals surface area (Å²) < 4.78 is 26.5. The van der Waals surface area contributed by atoms with E-state index in [-0.39, 0.29) is 0 Å². The Balaban J connectivity index is 1.75. The van der Waals surface area contributed by atoms with Crippen molar-refractivity contribution < 1.29 is 8.78 Å². The van der Waals surface area contributed by atoms with Crippen molar-refractivity contribution in [2.75, 3.05) is 31.1 Å². The zero-order valence-corrected chi connectivity index (χ0v) is 10.4. The van der Waals surface area contributed by atoms with E-state index in [1.54, 1.807) is 0 Å². The highest BCUT2D eigenvalue weighted by Gasteiger charge is 2.24. The summed E-state index contributed by atoms with van der Waals surface area (Å²) in [6.45, 7) is 3.97. The monoisotopic (exact) mass is 252 g/mol. The molecular formula is C14H18F2N2. The smallest absolute Gasteiger partial charge is 0.160 e. The van der Waals surface area contributed by atoms with Gasteiger partial charge in [0.1, 0.15) is 0 Å². The summed E-state index contributed by atoms with van der Waals surface area (Å²) in [6.07, 6.45) is 3.26. The number of piperidine rings is 1. The van der Waals surface area contributed by atoms with Gasteiger partial charge in [0.15, 0.2) is 11.6 Å². The van der Waals surface area contributed by atoms with E-state index in [4.69, 9.17) is 0 Å². The molecule has 1 unspecified atom stereocenters. The van der Waals surface area contributed by atoms with E-state index in [0.29, 0.717) is 5.92 Å². The van der Waals surface area contributed by atoms with Crippen LogP contribution in [0.25, 0.3) is 0 Å². The first-order valence-corrected chi connectivity index (χ1v) is 6.67. The molecule has 1 fully saturated rings. The largest absolute Gasteiger partial charge is 0.371 e. The fraction of sp³-hybridized carbons (Fsp3) is 0.571. The molecule has 2 heterocycles. The van der Waals surface area contributed by atoms with Crippen molar-refractivity contribution in [3.63, 3.8) is 0 Å². The third-order valence-corrected chi connectivity index (χ3v) is 3.99. The molecule has 0 saturated carbocycles. The number of hydrogen-bond acceptors (Lipinski definition) is 2. The van der Waals surface area contributed by atoms with Crippen molar-refractivity contribution in [2.24, 2.45) is 5.92 Å². The zero-order valence-electron chi connectivity index (χ0n) is 10.4. The molecule has 2 aliphatic heterocycles. The molecule has 4 heteroatoms. The number of anilines is 1. The Morgan fingerprint density at radius 2 is 2.11 bits per heavy atom. The summed E-state index contributed by atoms with van der Waals surface area (Å²) in [5.74, 6) is -0.838. The van der Waals surface area contributed by atoms with E-state index in [1.807, 2.05) is 0 Å². The van der Waals surface area contributed by atoms with Gasteiger partial charge in [0.25, 0.3) is 0 Å². The average Bonchev–Trinajstić information content (AvgIpc) is 2.74.